The van der Waals surface area contributed by atoms with Crippen LogP contribution in [-0.2, 0) is 4.74 Å². The number of halogens is 2. The van der Waals surface area contributed by atoms with E-state index < -0.39 is 29.2 Å². The molecule has 0 aliphatic carbocycles. The SMILES string of the molecule is CC[C@]12CCN(C1)c1ccc(C(=O)OC)nc1N2C(=O)Nc1ncc(F)cc1F. The normalized spacial score (nSPS) is 19.7. The van der Waals surface area contributed by atoms with E-state index in [0.717, 1.165) is 6.20 Å². The van der Waals surface area contributed by atoms with Gasteiger partial charge in [0.2, 0.25) is 0 Å². The van der Waals surface area contributed by atoms with Crippen LogP contribution in [0.25, 0.3) is 0 Å². The number of nitrogens with zero attached hydrogens (tertiary/aromatic N) is 4. The molecule has 2 aliphatic heterocycles. The standard InChI is InChI=1S/C19H19F2N5O3/c1-3-19-6-7-25(10-19)14-5-4-13(17(27)29-2)23-16(14)26(19)18(28)24-15-12(21)8-11(20)9-22-15/h4-5,8-9H,3,6-7,10H2,1-2H3,(H,22,24,28)/t19-/m0/s1. The minimum atomic E-state index is -0.981. The van der Waals surface area contributed by atoms with E-state index in [1.807, 2.05) is 6.92 Å². The van der Waals surface area contributed by atoms with Crippen LogP contribution in [0.4, 0.5) is 30.9 Å². The van der Waals surface area contributed by atoms with Crippen molar-refractivity contribution in [3.8, 4) is 0 Å². The Hall–Kier alpha value is -3.30. The van der Waals surface area contributed by atoms with E-state index in [-0.39, 0.29) is 11.5 Å². The van der Waals surface area contributed by atoms with Crippen molar-refractivity contribution in [3.05, 3.63) is 41.7 Å². The zero-order chi connectivity index (χ0) is 20.8. The monoisotopic (exact) mass is 403 g/mol. The maximum atomic E-state index is 14.0. The molecule has 1 atom stereocenters. The number of hydrogen-bond acceptors (Lipinski definition) is 6. The first-order valence-electron chi connectivity index (χ1n) is 9.15. The van der Waals surface area contributed by atoms with E-state index >= 15 is 0 Å². The van der Waals surface area contributed by atoms with Gasteiger partial charge in [0, 0.05) is 19.2 Å². The van der Waals surface area contributed by atoms with Crippen molar-refractivity contribution >= 4 is 29.3 Å². The summed E-state index contributed by atoms with van der Waals surface area (Å²) < 4.78 is 31.9. The van der Waals surface area contributed by atoms with Crippen LogP contribution < -0.4 is 15.1 Å². The number of fused-ring (bicyclic) bond motifs is 4. The van der Waals surface area contributed by atoms with Crippen LogP contribution in [0.1, 0.15) is 30.3 Å². The summed E-state index contributed by atoms with van der Waals surface area (Å²) in [5.74, 6) is -2.54. The lowest BCUT2D eigenvalue weighted by molar-refractivity contribution is 0.0594. The van der Waals surface area contributed by atoms with Crippen molar-refractivity contribution in [1.82, 2.24) is 9.97 Å². The number of hydrogen-bond donors (Lipinski definition) is 1. The largest absolute Gasteiger partial charge is 0.464 e. The highest BCUT2D eigenvalue weighted by Gasteiger charge is 2.51. The lowest BCUT2D eigenvalue weighted by Crippen LogP contribution is -2.58. The van der Waals surface area contributed by atoms with E-state index in [9.17, 15) is 18.4 Å². The molecule has 1 N–H and O–H groups in total. The Balaban J connectivity index is 1.78. The fourth-order valence-electron chi connectivity index (χ4n) is 3.96. The van der Waals surface area contributed by atoms with E-state index in [4.69, 9.17) is 4.74 Å². The van der Waals surface area contributed by atoms with Crippen molar-refractivity contribution in [2.75, 3.05) is 35.3 Å². The average Bonchev–Trinajstić information content (AvgIpc) is 3.09. The van der Waals surface area contributed by atoms with Crippen molar-refractivity contribution in [1.29, 1.82) is 0 Å². The van der Waals surface area contributed by atoms with Gasteiger partial charge in [0.05, 0.1) is 24.5 Å². The molecule has 0 aromatic carbocycles. The number of carbonyl (C=O) groups is 2. The van der Waals surface area contributed by atoms with Crippen molar-refractivity contribution in [2.24, 2.45) is 0 Å². The summed E-state index contributed by atoms with van der Waals surface area (Å²) in [6.07, 6.45) is 2.13. The molecule has 2 aromatic rings. The van der Waals surface area contributed by atoms with Crippen LogP contribution in [0.15, 0.2) is 24.4 Å². The molecule has 0 saturated carbocycles. The van der Waals surface area contributed by atoms with Gasteiger partial charge in [0.15, 0.2) is 23.1 Å². The predicted molar refractivity (Wildman–Crippen MR) is 101 cm³/mol. The number of methoxy groups -OCH3 is 1. The number of anilines is 3. The molecular weight excluding hydrogens is 384 g/mol. The average molecular weight is 403 g/mol. The zero-order valence-corrected chi connectivity index (χ0v) is 15.9. The van der Waals surface area contributed by atoms with Gasteiger partial charge in [-0.15, -0.1) is 0 Å². The Labute approximate surface area is 165 Å². The summed E-state index contributed by atoms with van der Waals surface area (Å²) >= 11 is 0. The summed E-state index contributed by atoms with van der Waals surface area (Å²) in [6.45, 7) is 3.26. The molecule has 2 bridgehead atoms. The Bertz CT molecular complexity index is 1000. The molecule has 4 heterocycles. The molecule has 2 aliphatic rings. The third kappa shape index (κ3) is 3.04. The van der Waals surface area contributed by atoms with Gasteiger partial charge in [-0.05, 0) is 25.0 Å². The molecule has 10 heteroatoms. The fourth-order valence-corrected chi connectivity index (χ4v) is 3.96. The number of esters is 1. The number of rotatable bonds is 3. The number of nitrogens with one attached hydrogen (secondary N) is 1. The van der Waals surface area contributed by atoms with Gasteiger partial charge in [-0.2, -0.15) is 0 Å². The molecule has 1 saturated heterocycles. The van der Waals surface area contributed by atoms with Gasteiger partial charge in [0.1, 0.15) is 5.82 Å². The van der Waals surface area contributed by atoms with Gasteiger partial charge in [-0.3, -0.25) is 10.2 Å². The first kappa shape index (κ1) is 19.0. The fraction of sp³-hybridized carbons (Fsp3) is 0.368. The Morgan fingerprint density at radius 3 is 2.83 bits per heavy atom. The van der Waals surface area contributed by atoms with Crippen LogP contribution in [0.2, 0.25) is 0 Å². The molecular formula is C19H19F2N5O3. The highest BCUT2D eigenvalue weighted by atomic mass is 19.1. The lowest BCUT2D eigenvalue weighted by Gasteiger charge is -2.44. The quantitative estimate of drug-likeness (QED) is 0.793. The smallest absolute Gasteiger partial charge is 0.356 e. The van der Waals surface area contributed by atoms with Crippen molar-refractivity contribution < 1.29 is 23.1 Å². The number of amides is 2. The molecule has 0 unspecified atom stereocenters. The second-order valence-electron chi connectivity index (χ2n) is 7.03. The van der Waals surface area contributed by atoms with Crippen LogP contribution in [0.5, 0.6) is 0 Å². The van der Waals surface area contributed by atoms with Gasteiger partial charge in [-0.1, -0.05) is 6.92 Å². The molecule has 8 nitrogen and oxygen atoms in total. The van der Waals surface area contributed by atoms with Crippen LogP contribution >= 0.6 is 0 Å². The molecule has 2 aromatic heterocycles. The zero-order valence-electron chi connectivity index (χ0n) is 15.9. The molecule has 0 radical (unpaired) electrons. The van der Waals surface area contributed by atoms with E-state index in [2.05, 4.69) is 20.2 Å². The maximum absolute atomic E-state index is 14.0. The Morgan fingerprint density at radius 2 is 2.14 bits per heavy atom. The van der Waals surface area contributed by atoms with Gasteiger partial charge < -0.3 is 9.64 Å². The van der Waals surface area contributed by atoms with E-state index in [0.29, 0.717) is 43.5 Å². The summed E-state index contributed by atoms with van der Waals surface area (Å²) in [5, 5.41) is 2.41. The third-order valence-corrected chi connectivity index (χ3v) is 5.50. The highest BCUT2D eigenvalue weighted by molar-refractivity contribution is 6.05. The number of pyridine rings is 2. The van der Waals surface area contributed by atoms with E-state index in [1.54, 1.807) is 12.1 Å². The summed E-state index contributed by atoms with van der Waals surface area (Å²) in [4.78, 5) is 36.7. The Kier molecular flexibility index (Phi) is 4.56. The van der Waals surface area contributed by atoms with Crippen LogP contribution in [0, 0.1) is 11.6 Å². The second kappa shape index (κ2) is 6.94. The number of urea groups is 1. The van der Waals surface area contributed by atoms with Gasteiger partial charge >= 0.3 is 12.0 Å². The van der Waals surface area contributed by atoms with Crippen LogP contribution in [0.3, 0.4) is 0 Å². The predicted octanol–water partition coefficient (Wildman–Crippen LogP) is 2.95. The van der Waals surface area contributed by atoms with Gasteiger partial charge in [0.25, 0.3) is 0 Å². The summed E-state index contributed by atoms with van der Waals surface area (Å²) in [5.41, 5.74) is 0.181. The minimum absolute atomic E-state index is 0.0592. The first-order valence-corrected chi connectivity index (χ1v) is 9.15. The lowest BCUT2D eigenvalue weighted by atomic mass is 9.91. The number of ether oxygens (including phenoxy) is 1. The first-order chi connectivity index (χ1) is 13.9. The Morgan fingerprint density at radius 1 is 1.34 bits per heavy atom. The van der Waals surface area contributed by atoms with Crippen molar-refractivity contribution in [2.45, 2.75) is 25.3 Å². The number of aromatic nitrogens is 2. The topological polar surface area (TPSA) is 87.7 Å². The molecule has 1 fully saturated rings. The summed E-state index contributed by atoms with van der Waals surface area (Å²) in [6, 6.07) is 3.25. The minimum Gasteiger partial charge on any atom is -0.464 e. The van der Waals surface area contributed by atoms with Gasteiger partial charge in [-0.25, -0.2) is 28.3 Å². The molecule has 29 heavy (non-hydrogen) atoms. The third-order valence-electron chi connectivity index (χ3n) is 5.50. The molecule has 4 rings (SSSR count). The molecule has 152 valence electrons. The van der Waals surface area contributed by atoms with E-state index in [1.165, 1.54) is 12.0 Å². The molecule has 0 spiro atoms. The van der Waals surface area contributed by atoms with Crippen molar-refractivity contribution in [3.63, 3.8) is 0 Å². The second-order valence-corrected chi connectivity index (χ2v) is 7.03. The summed E-state index contributed by atoms with van der Waals surface area (Å²) in [7, 11) is 1.25. The van der Waals surface area contributed by atoms with Crippen LogP contribution in [-0.4, -0.2) is 47.7 Å². The molecule has 2 amide bonds. The maximum Gasteiger partial charge on any atom is 0.356 e. The number of carbonyl (C=O) groups excluding carboxylic acids is 2. The highest BCUT2D eigenvalue weighted by Crippen LogP contribution is 2.46.